The van der Waals surface area contributed by atoms with Gasteiger partial charge in [0, 0.05) is 25.7 Å². The number of esters is 4. The molecule has 0 amide bonds. The van der Waals surface area contributed by atoms with Crippen molar-refractivity contribution < 1.29 is 80.2 Å². The number of unbranched alkanes of at least 4 members (excludes halogenated alkanes) is 46. The molecule has 0 fully saturated rings. The van der Waals surface area contributed by atoms with Gasteiger partial charge in [0.15, 0.2) is 12.2 Å². The molecule has 99 heavy (non-hydrogen) atoms. The van der Waals surface area contributed by atoms with E-state index in [-0.39, 0.29) is 25.7 Å². The molecule has 0 spiro atoms. The zero-order valence-electron chi connectivity index (χ0n) is 65.0. The molecule has 0 aromatic heterocycles. The van der Waals surface area contributed by atoms with Crippen molar-refractivity contribution >= 4 is 39.5 Å². The lowest BCUT2D eigenvalue weighted by Crippen LogP contribution is -2.30. The largest absolute Gasteiger partial charge is 0.472 e. The number of phosphoric ester groups is 2. The lowest BCUT2D eigenvalue weighted by molar-refractivity contribution is -0.161. The van der Waals surface area contributed by atoms with E-state index >= 15 is 0 Å². The molecule has 0 bridgehead atoms. The number of hydrogen-bond donors (Lipinski definition) is 3. The van der Waals surface area contributed by atoms with E-state index in [0.29, 0.717) is 25.7 Å². The van der Waals surface area contributed by atoms with Crippen LogP contribution in [0.15, 0.2) is 0 Å². The smallest absolute Gasteiger partial charge is 0.462 e. The van der Waals surface area contributed by atoms with Gasteiger partial charge in [-0.15, -0.1) is 0 Å². The van der Waals surface area contributed by atoms with Gasteiger partial charge in [0.1, 0.15) is 19.3 Å². The van der Waals surface area contributed by atoms with Crippen LogP contribution in [0.3, 0.4) is 0 Å². The van der Waals surface area contributed by atoms with Crippen molar-refractivity contribution in [2.24, 2.45) is 17.8 Å². The highest BCUT2D eigenvalue weighted by Crippen LogP contribution is 2.45. The molecule has 0 heterocycles. The second kappa shape index (κ2) is 70.4. The molecule has 17 nitrogen and oxygen atoms in total. The molecule has 0 aliphatic carbocycles. The molecule has 0 aliphatic heterocycles. The molecule has 0 saturated heterocycles. The Bertz CT molecular complexity index is 1920. The van der Waals surface area contributed by atoms with Crippen molar-refractivity contribution in [2.45, 2.75) is 433 Å². The third-order valence-corrected chi connectivity index (χ3v) is 20.5. The molecular formula is C80H156O17P2. The molecule has 5 atom stereocenters. The highest BCUT2D eigenvalue weighted by Gasteiger charge is 2.30. The van der Waals surface area contributed by atoms with Gasteiger partial charge < -0.3 is 33.8 Å². The van der Waals surface area contributed by atoms with E-state index in [0.717, 1.165) is 108 Å². The predicted molar refractivity (Wildman–Crippen MR) is 405 cm³/mol. The second-order valence-electron chi connectivity index (χ2n) is 30.2. The first kappa shape index (κ1) is 97.1. The van der Waals surface area contributed by atoms with Crippen LogP contribution in [-0.2, 0) is 65.4 Å². The van der Waals surface area contributed by atoms with Crippen LogP contribution in [0.1, 0.15) is 414 Å². The van der Waals surface area contributed by atoms with Gasteiger partial charge in [-0.3, -0.25) is 37.3 Å². The molecule has 588 valence electrons. The molecule has 0 aliphatic rings. The Kier molecular flexibility index (Phi) is 69.0. The average molecular weight is 1450 g/mol. The Labute approximate surface area is 607 Å². The maximum atomic E-state index is 13.1. The number of carbonyl (C=O) groups is 4. The Morgan fingerprint density at radius 1 is 0.273 bits per heavy atom. The fraction of sp³-hybridized carbons (Fsp3) is 0.950. The van der Waals surface area contributed by atoms with Gasteiger partial charge in [0.05, 0.1) is 26.4 Å². The highest BCUT2D eigenvalue weighted by atomic mass is 31.2. The van der Waals surface area contributed by atoms with Crippen molar-refractivity contribution in [3.63, 3.8) is 0 Å². The molecule has 19 heteroatoms. The third kappa shape index (κ3) is 74.1. The molecule has 0 aromatic carbocycles. The van der Waals surface area contributed by atoms with Crippen molar-refractivity contribution in [1.82, 2.24) is 0 Å². The third-order valence-electron chi connectivity index (χ3n) is 18.6. The summed E-state index contributed by atoms with van der Waals surface area (Å²) < 4.78 is 68.7. The summed E-state index contributed by atoms with van der Waals surface area (Å²) in [5.74, 6) is 0.194. The number of aliphatic hydroxyl groups is 1. The molecule has 0 saturated carbocycles. The van der Waals surface area contributed by atoms with Gasteiger partial charge >= 0.3 is 39.5 Å². The summed E-state index contributed by atoms with van der Waals surface area (Å²) in [7, 11) is -9.92. The van der Waals surface area contributed by atoms with Crippen molar-refractivity contribution in [3.05, 3.63) is 0 Å². The van der Waals surface area contributed by atoms with Crippen LogP contribution >= 0.6 is 15.6 Å². The van der Waals surface area contributed by atoms with Crippen molar-refractivity contribution in [3.8, 4) is 0 Å². The van der Waals surface area contributed by atoms with Gasteiger partial charge in [-0.1, -0.05) is 363 Å². The molecule has 3 N–H and O–H groups in total. The first-order chi connectivity index (χ1) is 47.7. The van der Waals surface area contributed by atoms with E-state index in [4.69, 9.17) is 37.0 Å². The first-order valence-corrected chi connectivity index (χ1v) is 44.3. The van der Waals surface area contributed by atoms with Gasteiger partial charge in [-0.25, -0.2) is 9.13 Å². The summed E-state index contributed by atoms with van der Waals surface area (Å²) in [4.78, 5) is 73.0. The van der Waals surface area contributed by atoms with Crippen molar-refractivity contribution in [2.75, 3.05) is 39.6 Å². The fourth-order valence-corrected chi connectivity index (χ4v) is 13.9. The Morgan fingerprint density at radius 2 is 0.465 bits per heavy atom. The van der Waals surface area contributed by atoms with E-state index in [1.807, 2.05) is 0 Å². The minimum atomic E-state index is -4.96. The summed E-state index contributed by atoms with van der Waals surface area (Å²) in [6.07, 6.45) is 58.2. The number of ether oxygens (including phenoxy) is 4. The Balaban J connectivity index is 5.25. The summed E-state index contributed by atoms with van der Waals surface area (Å²) in [6, 6.07) is 0. The van der Waals surface area contributed by atoms with Crippen LogP contribution in [-0.4, -0.2) is 96.7 Å². The molecular weight excluding hydrogens is 1290 g/mol. The highest BCUT2D eigenvalue weighted by molar-refractivity contribution is 7.47. The second-order valence-corrected chi connectivity index (χ2v) is 33.1. The van der Waals surface area contributed by atoms with Gasteiger partial charge in [-0.05, 0) is 43.4 Å². The molecule has 0 radical (unpaired) electrons. The van der Waals surface area contributed by atoms with Crippen LogP contribution in [0.4, 0.5) is 0 Å². The normalized spacial score (nSPS) is 14.0. The lowest BCUT2D eigenvalue weighted by Gasteiger charge is -2.21. The average Bonchev–Trinajstić information content (AvgIpc) is 1.16. The quantitative estimate of drug-likeness (QED) is 0.0222. The topological polar surface area (TPSA) is 237 Å². The SMILES string of the molecule is CCCCCCCCCCCCCCCCCC(=O)OC[C@H](COP(=O)(O)OC[C@@H](O)COP(=O)(O)OC[C@@H](COC(=O)CCCCCCCCCCCC(C)C)OC(=O)CCCCCCCCCCCCC(C)C)OC(=O)CCCCCCCCCCCCCCCCCCC(C)C. The maximum Gasteiger partial charge on any atom is 0.472 e. The van der Waals surface area contributed by atoms with Crippen LogP contribution in [0.5, 0.6) is 0 Å². The predicted octanol–water partition coefficient (Wildman–Crippen LogP) is 23.7. The van der Waals surface area contributed by atoms with E-state index in [2.05, 4.69) is 48.5 Å². The van der Waals surface area contributed by atoms with E-state index in [1.165, 1.54) is 225 Å². The van der Waals surface area contributed by atoms with E-state index in [1.54, 1.807) is 0 Å². The molecule has 0 rings (SSSR count). The summed E-state index contributed by atoms with van der Waals surface area (Å²) in [5.41, 5.74) is 0. The van der Waals surface area contributed by atoms with Gasteiger partial charge in [-0.2, -0.15) is 0 Å². The number of hydrogen-bond acceptors (Lipinski definition) is 15. The molecule has 2 unspecified atom stereocenters. The minimum Gasteiger partial charge on any atom is -0.462 e. The van der Waals surface area contributed by atoms with Crippen LogP contribution in [0.25, 0.3) is 0 Å². The summed E-state index contributed by atoms with van der Waals surface area (Å²) >= 11 is 0. The zero-order valence-corrected chi connectivity index (χ0v) is 66.8. The number of phosphoric acid groups is 2. The minimum absolute atomic E-state index is 0.106. The number of rotatable bonds is 78. The van der Waals surface area contributed by atoms with E-state index in [9.17, 15) is 43.2 Å². The fourth-order valence-electron chi connectivity index (χ4n) is 12.3. The summed E-state index contributed by atoms with van der Waals surface area (Å²) in [5, 5.41) is 10.6. The Morgan fingerprint density at radius 3 is 0.687 bits per heavy atom. The standard InChI is InChI=1S/C80H156O17P2/c1-8-9-10-11-12-13-14-15-18-22-25-33-40-47-54-61-77(82)90-67-75(96-79(84)63-56-49-42-34-26-23-20-17-16-19-21-24-30-37-44-51-58-71(2)3)69-94-98(86,87)92-65-74(81)66-93-99(88,89)95-70-76(68-91-78(83)62-55-48-41-36-29-32-39-46-53-60-73(6)7)97-80(85)64-57-50-43-35-28-27-31-38-45-52-59-72(4)5/h71-76,81H,8-70H2,1-7H3,(H,86,87)(H,88,89)/t74-,75-,76-/m1/s1. The van der Waals surface area contributed by atoms with Gasteiger partial charge in [0.25, 0.3) is 0 Å². The molecule has 0 aromatic rings. The van der Waals surface area contributed by atoms with E-state index < -0.39 is 97.5 Å². The van der Waals surface area contributed by atoms with Crippen LogP contribution < -0.4 is 0 Å². The van der Waals surface area contributed by atoms with Crippen LogP contribution in [0, 0.1) is 17.8 Å². The van der Waals surface area contributed by atoms with Gasteiger partial charge in [0.2, 0.25) is 0 Å². The first-order valence-electron chi connectivity index (χ1n) is 41.3. The number of carbonyl (C=O) groups excluding carboxylic acids is 4. The lowest BCUT2D eigenvalue weighted by atomic mass is 10.0. The monoisotopic (exact) mass is 1450 g/mol. The van der Waals surface area contributed by atoms with Crippen molar-refractivity contribution in [1.29, 1.82) is 0 Å². The number of aliphatic hydroxyl groups excluding tert-OH is 1. The maximum absolute atomic E-state index is 13.1. The zero-order chi connectivity index (χ0) is 73.0. The summed E-state index contributed by atoms with van der Waals surface area (Å²) in [6.45, 7) is 11.9. The Hall–Kier alpha value is -1.94. The van der Waals surface area contributed by atoms with Crippen LogP contribution in [0.2, 0.25) is 0 Å².